The molecule has 0 spiro atoms. The highest BCUT2D eigenvalue weighted by atomic mass is 32.1. The molecule has 0 N–H and O–H groups in total. The lowest BCUT2D eigenvalue weighted by Gasteiger charge is -2.29. The molecule has 0 aliphatic heterocycles. The summed E-state index contributed by atoms with van der Waals surface area (Å²) in [6.07, 6.45) is 0. The Kier molecular flexibility index (Phi) is 7.11. The van der Waals surface area contributed by atoms with Crippen LogP contribution >= 0.6 is 11.3 Å². The second kappa shape index (κ2) is 12.4. The van der Waals surface area contributed by atoms with Gasteiger partial charge in [0.1, 0.15) is 0 Å². The monoisotopic (exact) mass is 703 g/mol. The molecule has 0 atom stereocenters. The predicted molar refractivity (Wildman–Crippen MR) is 235 cm³/mol. The summed E-state index contributed by atoms with van der Waals surface area (Å²) < 4.78 is 2.63. The molecule has 0 saturated carbocycles. The Morgan fingerprint density at radius 1 is 0.315 bits per heavy atom. The number of anilines is 3. The van der Waals surface area contributed by atoms with E-state index in [2.05, 4.69) is 205 Å². The maximum absolute atomic E-state index is 2.48. The van der Waals surface area contributed by atoms with Crippen molar-refractivity contribution >= 4 is 91.7 Å². The van der Waals surface area contributed by atoms with Crippen LogP contribution in [-0.4, -0.2) is 0 Å². The normalized spacial score (nSPS) is 11.7. The summed E-state index contributed by atoms with van der Waals surface area (Å²) in [6.45, 7) is 0. The molecule has 10 aromatic carbocycles. The van der Waals surface area contributed by atoms with Gasteiger partial charge in [-0.05, 0) is 84.7 Å². The third-order valence-corrected chi connectivity index (χ3v) is 12.2. The van der Waals surface area contributed by atoms with Gasteiger partial charge in [0.15, 0.2) is 0 Å². The van der Waals surface area contributed by atoms with Crippen LogP contribution in [0.3, 0.4) is 0 Å². The van der Waals surface area contributed by atoms with E-state index >= 15 is 0 Å². The van der Waals surface area contributed by atoms with Gasteiger partial charge in [0.05, 0.1) is 11.4 Å². The van der Waals surface area contributed by atoms with Gasteiger partial charge < -0.3 is 4.90 Å². The number of hydrogen-bond donors (Lipinski definition) is 0. The maximum Gasteiger partial charge on any atom is 0.0554 e. The van der Waals surface area contributed by atoms with Crippen LogP contribution in [0.5, 0.6) is 0 Å². The van der Waals surface area contributed by atoms with Crippen molar-refractivity contribution < 1.29 is 0 Å². The molecule has 0 unspecified atom stereocenters. The minimum atomic E-state index is 1.11. The number of fused-ring (bicyclic) bond motifs is 10. The second-order valence-electron chi connectivity index (χ2n) is 14.0. The molecule has 0 fully saturated rings. The first-order valence-corrected chi connectivity index (χ1v) is 19.3. The summed E-state index contributed by atoms with van der Waals surface area (Å²) >= 11 is 1.89. The summed E-state index contributed by atoms with van der Waals surface area (Å²) in [5.74, 6) is 0. The Morgan fingerprint density at radius 2 is 0.889 bits per heavy atom. The minimum absolute atomic E-state index is 1.11. The number of para-hydroxylation sites is 1. The van der Waals surface area contributed by atoms with E-state index in [-0.39, 0.29) is 0 Å². The maximum atomic E-state index is 2.48. The molecule has 0 amide bonds. The molecule has 11 rings (SSSR count). The zero-order valence-corrected chi connectivity index (χ0v) is 30.2. The molecule has 252 valence electrons. The van der Waals surface area contributed by atoms with E-state index in [1.165, 1.54) is 91.2 Å². The molecule has 0 saturated heterocycles. The Balaban J connectivity index is 1.16. The average Bonchev–Trinajstić information content (AvgIpc) is 3.63. The molecule has 0 aliphatic rings. The first kappa shape index (κ1) is 30.8. The van der Waals surface area contributed by atoms with Crippen LogP contribution in [0.1, 0.15) is 0 Å². The first-order chi connectivity index (χ1) is 26.8. The van der Waals surface area contributed by atoms with E-state index in [1.807, 2.05) is 11.3 Å². The molecular formula is C52H33NS. The first-order valence-electron chi connectivity index (χ1n) is 18.5. The summed E-state index contributed by atoms with van der Waals surface area (Å²) in [4.78, 5) is 2.48. The Bertz CT molecular complexity index is 3210. The fraction of sp³-hybridized carbons (Fsp3) is 0. The summed E-state index contributed by atoms with van der Waals surface area (Å²) in [6, 6.07) is 73.5. The van der Waals surface area contributed by atoms with Crippen LogP contribution < -0.4 is 4.90 Å². The van der Waals surface area contributed by atoms with Crippen molar-refractivity contribution in [3.8, 4) is 22.3 Å². The van der Waals surface area contributed by atoms with Gasteiger partial charge in [-0.3, -0.25) is 0 Å². The fourth-order valence-corrected chi connectivity index (χ4v) is 9.83. The summed E-state index contributed by atoms with van der Waals surface area (Å²) in [5, 5.41) is 12.8. The molecular weight excluding hydrogens is 671 g/mol. The van der Waals surface area contributed by atoms with Crippen LogP contribution in [0.25, 0.3) is 85.5 Å². The highest BCUT2D eigenvalue weighted by Gasteiger charge is 2.22. The third-order valence-electron chi connectivity index (χ3n) is 11.0. The summed E-state index contributed by atoms with van der Waals surface area (Å²) in [7, 11) is 0. The molecule has 11 aromatic rings. The van der Waals surface area contributed by atoms with Crippen molar-refractivity contribution in [3.63, 3.8) is 0 Å². The van der Waals surface area contributed by atoms with E-state index < -0.39 is 0 Å². The van der Waals surface area contributed by atoms with Crippen LogP contribution in [0.4, 0.5) is 17.1 Å². The quantitative estimate of drug-likeness (QED) is 0.161. The van der Waals surface area contributed by atoms with Crippen LogP contribution in [0, 0.1) is 0 Å². The van der Waals surface area contributed by atoms with E-state index in [4.69, 9.17) is 0 Å². The third kappa shape index (κ3) is 4.85. The lowest BCUT2D eigenvalue weighted by Crippen LogP contribution is -2.11. The Morgan fingerprint density at radius 3 is 1.74 bits per heavy atom. The van der Waals surface area contributed by atoms with E-state index in [0.717, 1.165) is 11.4 Å². The largest absolute Gasteiger partial charge is 0.309 e. The highest BCUT2D eigenvalue weighted by molar-refractivity contribution is 7.26. The molecule has 1 aromatic heterocycles. The smallest absolute Gasteiger partial charge is 0.0554 e. The molecule has 0 radical (unpaired) electrons. The zero-order chi connectivity index (χ0) is 35.6. The predicted octanol–water partition coefficient (Wildman–Crippen LogP) is 15.5. The molecule has 0 aliphatic carbocycles. The van der Waals surface area contributed by atoms with Gasteiger partial charge in [-0.25, -0.2) is 0 Å². The fourth-order valence-electron chi connectivity index (χ4n) is 8.56. The van der Waals surface area contributed by atoms with Gasteiger partial charge in [-0.15, -0.1) is 11.3 Å². The number of benzene rings is 10. The van der Waals surface area contributed by atoms with Crippen molar-refractivity contribution in [2.45, 2.75) is 0 Å². The van der Waals surface area contributed by atoms with Gasteiger partial charge >= 0.3 is 0 Å². The molecule has 1 heterocycles. The summed E-state index contributed by atoms with van der Waals surface area (Å²) in [5.41, 5.74) is 8.25. The van der Waals surface area contributed by atoms with Crippen molar-refractivity contribution in [2.75, 3.05) is 4.90 Å². The Labute approximate surface area is 317 Å². The SMILES string of the molecule is c1ccc(-c2ccccc2N(c2ccc(-c3cccc4ccc5ccc6ccccc6c5c34)cc2)c2cccc3ccc4c5ccccc5sc4c23)cc1. The topological polar surface area (TPSA) is 3.24 Å². The van der Waals surface area contributed by atoms with Crippen molar-refractivity contribution in [2.24, 2.45) is 0 Å². The van der Waals surface area contributed by atoms with Crippen molar-refractivity contribution in [1.29, 1.82) is 0 Å². The van der Waals surface area contributed by atoms with E-state index in [0.29, 0.717) is 0 Å². The second-order valence-corrected chi connectivity index (χ2v) is 15.1. The van der Waals surface area contributed by atoms with E-state index in [1.54, 1.807) is 0 Å². The lowest BCUT2D eigenvalue weighted by atomic mass is 9.91. The molecule has 0 bridgehead atoms. The van der Waals surface area contributed by atoms with Gasteiger partial charge in [-0.1, -0.05) is 170 Å². The minimum Gasteiger partial charge on any atom is -0.309 e. The standard InChI is InChI=1S/C52H33NS/c1-2-12-34(13-3-1)41-17-6-8-21-46(41)53(47-22-11-16-38-30-33-45-44-19-7-9-23-48(44)54-52(45)51(38)47)40-31-28-36(29-32-40)43-20-10-15-37-26-27-39-25-24-35-14-4-5-18-42(35)50(39)49(37)43/h1-33H. The Hall–Kier alpha value is -6.74. The van der Waals surface area contributed by atoms with Gasteiger partial charge in [-0.2, -0.15) is 0 Å². The van der Waals surface area contributed by atoms with Crippen LogP contribution in [0.2, 0.25) is 0 Å². The van der Waals surface area contributed by atoms with Crippen LogP contribution in [-0.2, 0) is 0 Å². The molecule has 2 heteroatoms. The molecule has 54 heavy (non-hydrogen) atoms. The van der Waals surface area contributed by atoms with Gasteiger partial charge in [0.25, 0.3) is 0 Å². The number of hydrogen-bond acceptors (Lipinski definition) is 2. The molecule has 1 nitrogen and oxygen atoms in total. The average molecular weight is 704 g/mol. The van der Waals surface area contributed by atoms with Gasteiger partial charge in [0, 0.05) is 36.8 Å². The number of nitrogens with zero attached hydrogens (tertiary/aromatic N) is 1. The van der Waals surface area contributed by atoms with Crippen LogP contribution in [0.15, 0.2) is 200 Å². The number of thiophene rings is 1. The van der Waals surface area contributed by atoms with E-state index in [9.17, 15) is 0 Å². The number of rotatable bonds is 5. The van der Waals surface area contributed by atoms with Crippen molar-refractivity contribution in [1.82, 2.24) is 0 Å². The lowest BCUT2D eigenvalue weighted by molar-refractivity contribution is 1.30. The zero-order valence-electron chi connectivity index (χ0n) is 29.4. The van der Waals surface area contributed by atoms with Crippen molar-refractivity contribution in [3.05, 3.63) is 200 Å². The van der Waals surface area contributed by atoms with Gasteiger partial charge in [0.2, 0.25) is 0 Å². The highest BCUT2D eigenvalue weighted by Crippen LogP contribution is 2.48.